The molecule has 0 aliphatic carbocycles. The number of anilines is 1. The molecule has 30 heavy (non-hydrogen) atoms. The number of aromatic nitrogens is 5. The maximum Gasteiger partial charge on any atom is 0.183 e. The van der Waals surface area contributed by atoms with Crippen molar-refractivity contribution in [1.29, 1.82) is 0 Å². The van der Waals surface area contributed by atoms with Gasteiger partial charge in [0.1, 0.15) is 17.5 Å². The second-order valence-electron chi connectivity index (χ2n) is 7.68. The van der Waals surface area contributed by atoms with Crippen LogP contribution in [0.1, 0.15) is 47.2 Å². The van der Waals surface area contributed by atoms with Crippen LogP contribution in [0.25, 0.3) is 5.69 Å². The minimum absolute atomic E-state index is 0.0226. The number of nitrogen functional groups attached to an aromatic ring is 1. The Morgan fingerprint density at radius 2 is 2.00 bits per heavy atom. The first-order valence-electron chi connectivity index (χ1n) is 9.85. The van der Waals surface area contributed by atoms with E-state index >= 15 is 0 Å². The van der Waals surface area contributed by atoms with Crippen molar-refractivity contribution in [3.05, 3.63) is 59.6 Å². The van der Waals surface area contributed by atoms with Gasteiger partial charge in [-0.05, 0) is 44.4 Å². The van der Waals surface area contributed by atoms with E-state index in [0.29, 0.717) is 29.8 Å². The van der Waals surface area contributed by atoms with E-state index in [9.17, 15) is 9.18 Å². The molecular formula is C20H21FN8O. The number of benzene rings is 1. The van der Waals surface area contributed by atoms with Crippen molar-refractivity contribution in [2.24, 2.45) is 0 Å². The van der Waals surface area contributed by atoms with Gasteiger partial charge in [-0.2, -0.15) is 15.0 Å². The third-order valence-electron chi connectivity index (χ3n) is 5.71. The fourth-order valence-electron chi connectivity index (χ4n) is 4.30. The zero-order chi connectivity index (χ0) is 20.8. The number of fused-ring (bicyclic) bond motifs is 1. The van der Waals surface area contributed by atoms with Crippen molar-refractivity contribution in [2.75, 3.05) is 5.73 Å². The molecule has 0 amide bonds. The van der Waals surface area contributed by atoms with Gasteiger partial charge in [0.25, 0.3) is 0 Å². The molecule has 2 fully saturated rings. The number of nitrogens with zero attached hydrogens (tertiary/aromatic N) is 6. The van der Waals surface area contributed by atoms with Gasteiger partial charge in [0.15, 0.2) is 5.78 Å². The molecule has 2 unspecified atom stereocenters. The Kier molecular flexibility index (Phi) is 4.52. The minimum Gasteiger partial charge on any atom is -0.384 e. The van der Waals surface area contributed by atoms with E-state index in [1.807, 2.05) is 0 Å². The highest BCUT2D eigenvalue weighted by atomic mass is 19.1. The highest BCUT2D eigenvalue weighted by Gasteiger charge is 2.45. The Bertz CT molecular complexity index is 1080. The van der Waals surface area contributed by atoms with Crippen molar-refractivity contribution >= 4 is 11.6 Å². The molecule has 3 atom stereocenters. The highest BCUT2D eigenvalue weighted by molar-refractivity contribution is 6.03. The molecule has 5 rings (SSSR count). The number of ketones is 1. The van der Waals surface area contributed by atoms with Crippen molar-refractivity contribution in [1.82, 2.24) is 35.4 Å². The van der Waals surface area contributed by atoms with Crippen LogP contribution in [0.3, 0.4) is 0 Å². The molecule has 0 radical (unpaired) electrons. The molecule has 0 spiro atoms. The number of carbonyl (C=O) groups excluding carboxylic acids is 1. The topological polar surface area (TPSA) is 115 Å². The lowest BCUT2D eigenvalue weighted by molar-refractivity contribution is -0.0767. The van der Waals surface area contributed by atoms with Crippen LogP contribution in [0.4, 0.5) is 10.2 Å². The molecule has 0 bridgehead atoms. The van der Waals surface area contributed by atoms with E-state index in [1.165, 1.54) is 35.4 Å². The number of nitrogens with two attached hydrogens (primary N) is 1. The average Bonchev–Trinajstić information content (AvgIpc) is 3.22. The van der Waals surface area contributed by atoms with Crippen molar-refractivity contribution in [2.45, 2.75) is 44.3 Å². The predicted octanol–water partition coefficient (Wildman–Crippen LogP) is 1.75. The summed E-state index contributed by atoms with van der Waals surface area (Å²) in [6, 6.07) is 5.72. The minimum atomic E-state index is -0.475. The Labute approximate surface area is 172 Å². The fourth-order valence-corrected chi connectivity index (χ4v) is 4.30. The number of hydrazine groups is 1. The Morgan fingerprint density at radius 3 is 2.77 bits per heavy atom. The molecule has 2 saturated heterocycles. The molecule has 3 N–H and O–H groups in total. The summed E-state index contributed by atoms with van der Waals surface area (Å²) in [5.74, 6) is 0.386. The lowest BCUT2D eigenvalue weighted by Gasteiger charge is -2.53. The van der Waals surface area contributed by atoms with E-state index in [0.717, 1.165) is 18.5 Å². The van der Waals surface area contributed by atoms with Crippen LogP contribution in [0.15, 0.2) is 36.7 Å². The molecule has 4 heterocycles. The summed E-state index contributed by atoms with van der Waals surface area (Å²) < 4.78 is 14.0. The molecule has 1 aromatic carbocycles. The Morgan fingerprint density at radius 1 is 1.20 bits per heavy atom. The van der Waals surface area contributed by atoms with Gasteiger partial charge in [0.2, 0.25) is 0 Å². The lowest BCUT2D eigenvalue weighted by Crippen LogP contribution is -2.64. The van der Waals surface area contributed by atoms with Crippen LogP contribution in [-0.4, -0.2) is 47.8 Å². The Balaban J connectivity index is 1.40. The number of rotatable bonds is 4. The molecule has 154 valence electrons. The van der Waals surface area contributed by atoms with E-state index in [1.54, 1.807) is 13.0 Å². The predicted molar refractivity (Wildman–Crippen MR) is 106 cm³/mol. The zero-order valence-electron chi connectivity index (χ0n) is 16.4. The number of hydrogen-bond acceptors (Lipinski definition) is 8. The quantitative estimate of drug-likeness (QED) is 0.628. The molecule has 2 aliphatic heterocycles. The summed E-state index contributed by atoms with van der Waals surface area (Å²) in [6.45, 7) is 1.81. The third kappa shape index (κ3) is 3.23. The van der Waals surface area contributed by atoms with Crippen molar-refractivity contribution in [3.63, 3.8) is 0 Å². The fraction of sp³-hybridized carbons (Fsp3) is 0.350. The second-order valence-corrected chi connectivity index (χ2v) is 7.68. The van der Waals surface area contributed by atoms with Crippen LogP contribution in [-0.2, 0) is 0 Å². The van der Waals surface area contributed by atoms with E-state index in [4.69, 9.17) is 5.73 Å². The van der Waals surface area contributed by atoms with Gasteiger partial charge in [0.05, 0.1) is 35.9 Å². The summed E-state index contributed by atoms with van der Waals surface area (Å²) in [4.78, 5) is 23.3. The van der Waals surface area contributed by atoms with Gasteiger partial charge >= 0.3 is 0 Å². The lowest BCUT2D eigenvalue weighted by atomic mass is 9.84. The molecule has 2 aliphatic rings. The molecule has 2 aromatic heterocycles. The summed E-state index contributed by atoms with van der Waals surface area (Å²) in [7, 11) is 0. The van der Waals surface area contributed by atoms with Crippen LogP contribution >= 0.6 is 0 Å². The van der Waals surface area contributed by atoms with Gasteiger partial charge < -0.3 is 5.73 Å². The van der Waals surface area contributed by atoms with Gasteiger partial charge in [0, 0.05) is 17.7 Å². The molecule has 0 saturated carbocycles. The second kappa shape index (κ2) is 7.22. The van der Waals surface area contributed by atoms with Crippen LogP contribution in [0.5, 0.6) is 0 Å². The first kappa shape index (κ1) is 18.8. The van der Waals surface area contributed by atoms with Crippen molar-refractivity contribution < 1.29 is 9.18 Å². The molecular weight excluding hydrogens is 387 g/mol. The van der Waals surface area contributed by atoms with Gasteiger partial charge in [-0.15, -0.1) is 0 Å². The normalized spacial score (nSPS) is 23.6. The van der Waals surface area contributed by atoms with Gasteiger partial charge in [-0.1, -0.05) is 0 Å². The number of halogens is 1. The standard InChI is InChI=1S/C20H21FN8O/c1-11-25-16(10-19(22)26-11)18-9-13-3-4-15(27-28(13)18)20(30)14-8-12(21)2-5-17(14)29-23-6-7-24-29/h2,5-8,10,13,15,18,27H,3-4,9H2,1H3,(H2,22,25,26)/t13-,15?,18?/m0/s1. The SMILES string of the molecule is Cc1nc(N)cc(C2C[C@@H]3CCC(C(=O)c4cc(F)ccc4-n4nccn4)NN23)n1. The summed E-state index contributed by atoms with van der Waals surface area (Å²) in [5, 5.41) is 10.2. The number of Topliss-reactive ketones (excluding diaryl/α,β-unsaturated/α-hetero) is 1. The van der Waals surface area contributed by atoms with Crippen molar-refractivity contribution in [3.8, 4) is 5.69 Å². The monoisotopic (exact) mass is 408 g/mol. The maximum absolute atomic E-state index is 14.0. The summed E-state index contributed by atoms with van der Waals surface area (Å²) in [5.41, 5.74) is 10.8. The summed E-state index contributed by atoms with van der Waals surface area (Å²) >= 11 is 0. The van der Waals surface area contributed by atoms with Crippen LogP contribution in [0, 0.1) is 12.7 Å². The van der Waals surface area contributed by atoms with E-state index < -0.39 is 11.9 Å². The molecule has 10 heteroatoms. The number of hydrogen-bond donors (Lipinski definition) is 2. The first-order chi connectivity index (χ1) is 14.5. The zero-order valence-corrected chi connectivity index (χ0v) is 16.4. The largest absolute Gasteiger partial charge is 0.384 e. The number of carbonyl (C=O) groups is 1. The first-order valence-corrected chi connectivity index (χ1v) is 9.85. The smallest absolute Gasteiger partial charge is 0.183 e. The highest BCUT2D eigenvalue weighted by Crippen LogP contribution is 2.41. The van der Waals surface area contributed by atoms with Gasteiger partial charge in [-0.3, -0.25) is 4.79 Å². The third-order valence-corrected chi connectivity index (χ3v) is 5.71. The summed E-state index contributed by atoms with van der Waals surface area (Å²) in [6.07, 6.45) is 5.50. The van der Waals surface area contributed by atoms with E-state index in [-0.39, 0.29) is 17.4 Å². The molecule has 9 nitrogen and oxygen atoms in total. The molecule has 3 aromatic rings. The Hall–Kier alpha value is -3.24. The number of aryl methyl sites for hydroxylation is 1. The maximum atomic E-state index is 14.0. The van der Waals surface area contributed by atoms with Gasteiger partial charge in [-0.25, -0.2) is 24.8 Å². The van der Waals surface area contributed by atoms with Crippen LogP contribution < -0.4 is 11.2 Å². The van der Waals surface area contributed by atoms with E-state index in [2.05, 4.69) is 30.6 Å². The number of nitrogens with one attached hydrogen (secondary N) is 1. The average molecular weight is 408 g/mol. The van der Waals surface area contributed by atoms with Crippen LogP contribution in [0.2, 0.25) is 0 Å².